The number of piperidine rings is 3. The van der Waals surface area contributed by atoms with Crippen molar-refractivity contribution in [3.63, 3.8) is 0 Å². The molecule has 71 heavy (non-hydrogen) atoms. The molecule has 7 heterocycles. The van der Waals surface area contributed by atoms with Gasteiger partial charge in [-0.3, -0.25) is 29.3 Å². The number of anilines is 4. The number of pyridine rings is 1. The summed E-state index contributed by atoms with van der Waals surface area (Å²) in [5.74, 6) is -0.832. The number of carbonyl (C=O) groups excluding carboxylic acids is 5. The van der Waals surface area contributed by atoms with Crippen LogP contribution in [0.5, 0.6) is 0 Å². The maximum atomic E-state index is 14.8. The van der Waals surface area contributed by atoms with Crippen LogP contribution in [0.1, 0.15) is 113 Å². The second-order valence-corrected chi connectivity index (χ2v) is 21.0. The third-order valence-corrected chi connectivity index (χ3v) is 16.6. The SMILES string of the molecule is CC(C)n1cnc2cc(-c3ccc4c(c3)NC(O)C43CCN(C(=O)C4CCN(C(=O)C5CCC(C(=O)N6CCCc7cc(C8CCC(=O)NC8=O)ccc76)CC5)CC4)CC3)nc(Nc3ccccc3F)c21. The van der Waals surface area contributed by atoms with Gasteiger partial charge in [0.15, 0.2) is 5.82 Å². The van der Waals surface area contributed by atoms with Gasteiger partial charge in [0.25, 0.3) is 0 Å². The van der Waals surface area contributed by atoms with Crippen LogP contribution in [-0.2, 0) is 35.8 Å². The van der Waals surface area contributed by atoms with Crippen LogP contribution in [0.15, 0.2) is 73.1 Å². The molecule has 1 aliphatic carbocycles. The average Bonchev–Trinajstić information content (AvgIpc) is 3.94. The minimum absolute atomic E-state index is 0.101. The van der Waals surface area contributed by atoms with Crippen LogP contribution in [0.4, 0.5) is 27.3 Å². The minimum atomic E-state index is -0.827. The van der Waals surface area contributed by atoms with Crippen molar-refractivity contribution in [3.8, 4) is 11.3 Å². The van der Waals surface area contributed by atoms with Crippen LogP contribution in [-0.4, -0.2) is 97.9 Å². The van der Waals surface area contributed by atoms with Crippen LogP contribution in [0.2, 0.25) is 0 Å². The highest BCUT2D eigenvalue weighted by molar-refractivity contribution is 6.01. The number of rotatable bonds is 8. The summed E-state index contributed by atoms with van der Waals surface area (Å²) < 4.78 is 16.9. The van der Waals surface area contributed by atoms with Crippen molar-refractivity contribution in [2.45, 2.75) is 114 Å². The van der Waals surface area contributed by atoms with E-state index in [1.54, 1.807) is 24.5 Å². The molecule has 11 rings (SSSR count). The van der Waals surface area contributed by atoms with Crippen LogP contribution in [0.25, 0.3) is 22.3 Å². The molecule has 5 aromatic rings. The van der Waals surface area contributed by atoms with Crippen molar-refractivity contribution >= 4 is 63.4 Å². The number of hydrogen-bond donors (Lipinski definition) is 4. The molecular formula is C55H62FN9O6. The number of nitrogens with zero attached hydrogens (tertiary/aromatic N) is 6. The van der Waals surface area contributed by atoms with E-state index in [1.165, 1.54) is 6.07 Å². The Hall–Kier alpha value is -6.68. The van der Waals surface area contributed by atoms with E-state index >= 15 is 0 Å². The molecule has 0 bridgehead atoms. The number of imidazole rings is 1. The molecule has 2 atom stereocenters. The Bertz CT molecular complexity index is 2930. The highest BCUT2D eigenvalue weighted by atomic mass is 19.1. The largest absolute Gasteiger partial charge is 0.373 e. The summed E-state index contributed by atoms with van der Waals surface area (Å²) in [5, 5.41) is 20.6. The Morgan fingerprint density at radius 1 is 0.803 bits per heavy atom. The first-order valence-electron chi connectivity index (χ1n) is 25.7. The maximum Gasteiger partial charge on any atom is 0.234 e. The number of halogens is 1. The highest BCUT2D eigenvalue weighted by Crippen LogP contribution is 2.49. The zero-order valence-electron chi connectivity index (χ0n) is 40.5. The molecule has 370 valence electrons. The summed E-state index contributed by atoms with van der Waals surface area (Å²) in [4.78, 5) is 81.6. The molecule has 1 saturated carbocycles. The molecule has 5 aliphatic heterocycles. The van der Waals surface area contributed by atoms with E-state index in [0.717, 1.165) is 57.5 Å². The lowest BCUT2D eigenvalue weighted by Gasteiger charge is -2.43. The van der Waals surface area contributed by atoms with E-state index in [-0.39, 0.29) is 65.1 Å². The Kier molecular flexibility index (Phi) is 12.4. The molecule has 3 aromatic carbocycles. The number of imide groups is 1. The van der Waals surface area contributed by atoms with Crippen molar-refractivity contribution in [2.24, 2.45) is 17.8 Å². The van der Waals surface area contributed by atoms with E-state index in [4.69, 9.17) is 4.98 Å². The number of aryl methyl sites for hydroxylation is 1. The van der Waals surface area contributed by atoms with Gasteiger partial charge >= 0.3 is 0 Å². The monoisotopic (exact) mass is 963 g/mol. The van der Waals surface area contributed by atoms with Gasteiger partial charge in [-0.15, -0.1) is 0 Å². The van der Waals surface area contributed by atoms with Gasteiger partial charge in [-0.05, 0) is 131 Å². The predicted molar refractivity (Wildman–Crippen MR) is 267 cm³/mol. The summed E-state index contributed by atoms with van der Waals surface area (Å²) in [6, 6.07) is 20.5. The number of aromatic nitrogens is 3. The van der Waals surface area contributed by atoms with E-state index in [1.807, 2.05) is 55.7 Å². The van der Waals surface area contributed by atoms with Gasteiger partial charge in [0.2, 0.25) is 29.5 Å². The van der Waals surface area contributed by atoms with Crippen molar-refractivity contribution in [3.05, 3.63) is 95.6 Å². The molecule has 0 radical (unpaired) electrons. The van der Waals surface area contributed by atoms with E-state index in [0.29, 0.717) is 114 Å². The quantitative estimate of drug-likeness (QED) is 0.113. The van der Waals surface area contributed by atoms with Gasteiger partial charge in [0.05, 0.1) is 29.1 Å². The molecule has 16 heteroatoms. The van der Waals surface area contributed by atoms with Crippen molar-refractivity contribution < 1.29 is 33.5 Å². The van der Waals surface area contributed by atoms with Crippen LogP contribution in [0, 0.1) is 23.6 Å². The summed E-state index contributed by atoms with van der Waals surface area (Å²) in [6.45, 7) is 6.89. The van der Waals surface area contributed by atoms with Crippen molar-refractivity contribution in [1.82, 2.24) is 29.7 Å². The Morgan fingerprint density at radius 2 is 1.51 bits per heavy atom. The predicted octanol–water partition coefficient (Wildman–Crippen LogP) is 7.71. The first-order chi connectivity index (χ1) is 34.3. The van der Waals surface area contributed by atoms with Gasteiger partial charge in [-0.2, -0.15) is 0 Å². The molecular weight excluding hydrogens is 902 g/mol. The standard InChI is InChI=1S/C55H62FN9O6/c1-32(2)65-31-57-45-30-43(59-49(48(45)65)58-42-8-4-3-7-41(42)56)37-13-16-40-44(29-37)60-54(71)55(40)21-26-63(27-22-55)52(69)35-19-24-62(25-20-35)51(68)33-9-11-34(12-10-33)53(70)64-23-5-6-38-28-36(14-17-46(38)64)39-15-18-47(66)61-50(39)67/h3-4,7-8,13-14,16-17,28-35,39,54,60,71H,5-6,9-12,15,18-27H2,1-2H3,(H,58,59)(H,61,66,67). The van der Waals surface area contributed by atoms with Gasteiger partial charge in [-0.1, -0.05) is 36.4 Å². The Labute approximate surface area is 412 Å². The normalized spacial score (nSPS) is 23.4. The van der Waals surface area contributed by atoms with E-state index in [2.05, 4.69) is 40.8 Å². The molecule has 2 unspecified atom stereocenters. The number of aliphatic hydroxyl groups is 1. The van der Waals surface area contributed by atoms with E-state index in [9.17, 15) is 33.5 Å². The molecule has 4 N–H and O–H groups in total. The van der Waals surface area contributed by atoms with Gasteiger partial charge in [0.1, 0.15) is 17.6 Å². The molecule has 5 amide bonds. The Morgan fingerprint density at radius 3 is 2.23 bits per heavy atom. The number of aliphatic hydroxyl groups excluding tert-OH is 1. The first-order valence-corrected chi connectivity index (χ1v) is 25.7. The van der Waals surface area contributed by atoms with Crippen molar-refractivity contribution in [1.29, 1.82) is 0 Å². The third kappa shape index (κ3) is 8.61. The molecule has 4 fully saturated rings. The maximum absolute atomic E-state index is 14.8. The topological polar surface area (TPSA) is 182 Å². The molecule has 1 spiro atoms. The average molecular weight is 964 g/mol. The number of carbonyl (C=O) groups is 5. The van der Waals surface area contributed by atoms with Crippen LogP contribution >= 0.6 is 0 Å². The molecule has 2 aromatic heterocycles. The number of amides is 5. The highest BCUT2D eigenvalue weighted by Gasteiger charge is 2.49. The second-order valence-electron chi connectivity index (χ2n) is 21.0. The number of para-hydroxylation sites is 1. The zero-order valence-corrected chi connectivity index (χ0v) is 40.5. The molecule has 15 nitrogen and oxygen atoms in total. The number of hydrogen-bond acceptors (Lipinski definition) is 10. The number of likely N-dealkylation sites (tertiary alicyclic amines) is 2. The van der Waals surface area contributed by atoms with Crippen molar-refractivity contribution in [2.75, 3.05) is 48.3 Å². The fourth-order valence-electron chi connectivity index (χ4n) is 12.5. The third-order valence-electron chi connectivity index (χ3n) is 16.6. The first kappa shape index (κ1) is 46.7. The number of nitrogens with one attached hydrogen (secondary N) is 3. The smallest absolute Gasteiger partial charge is 0.234 e. The number of fused-ring (bicyclic) bond motifs is 4. The lowest BCUT2D eigenvalue weighted by atomic mass is 9.72. The summed E-state index contributed by atoms with van der Waals surface area (Å²) in [6.07, 6.45) is 8.51. The van der Waals surface area contributed by atoms with Crippen LogP contribution in [0.3, 0.4) is 0 Å². The molecule has 3 saturated heterocycles. The van der Waals surface area contributed by atoms with Crippen LogP contribution < -0.4 is 20.9 Å². The minimum Gasteiger partial charge on any atom is -0.373 e. The lowest BCUT2D eigenvalue weighted by molar-refractivity contribution is -0.144. The zero-order chi connectivity index (χ0) is 49.1. The summed E-state index contributed by atoms with van der Waals surface area (Å²) in [7, 11) is 0. The summed E-state index contributed by atoms with van der Waals surface area (Å²) in [5.41, 5.74) is 7.41. The summed E-state index contributed by atoms with van der Waals surface area (Å²) >= 11 is 0. The number of benzene rings is 3. The fraction of sp³-hybridized carbons (Fsp3) is 0.473. The molecule has 6 aliphatic rings. The lowest BCUT2D eigenvalue weighted by Crippen LogP contribution is -2.52. The fourth-order valence-corrected chi connectivity index (χ4v) is 12.5. The van der Waals surface area contributed by atoms with Gasteiger partial charge in [-0.25, -0.2) is 14.4 Å². The van der Waals surface area contributed by atoms with E-state index < -0.39 is 11.6 Å². The second kappa shape index (κ2) is 18.8. The Balaban J connectivity index is 0.679. The van der Waals surface area contributed by atoms with Gasteiger partial charge in [0, 0.05) is 85.3 Å². The van der Waals surface area contributed by atoms with Gasteiger partial charge < -0.3 is 35.0 Å².